The molecule has 0 fully saturated rings. The first-order chi connectivity index (χ1) is 12.1. The van der Waals surface area contributed by atoms with Crippen molar-refractivity contribution in [2.45, 2.75) is 39.4 Å². The number of aromatic nitrogens is 2. The largest absolute Gasteiger partial charge is 0.311 e. The Balaban J connectivity index is 1.95. The monoisotopic (exact) mass is 335 g/mol. The highest BCUT2D eigenvalue weighted by atomic mass is 16.1. The zero-order chi connectivity index (χ0) is 17.8. The smallest absolute Gasteiger partial charge is 0.255 e. The first-order valence-electron chi connectivity index (χ1n) is 8.80. The molecule has 2 heterocycles. The van der Waals surface area contributed by atoms with Gasteiger partial charge in [0, 0.05) is 44.1 Å². The Morgan fingerprint density at radius 1 is 1.16 bits per heavy atom. The molecule has 0 amide bonds. The van der Waals surface area contributed by atoms with E-state index < -0.39 is 0 Å². The van der Waals surface area contributed by atoms with Crippen molar-refractivity contribution in [3.8, 4) is 0 Å². The fraction of sp³-hybridized carbons (Fsp3) is 0.333. The van der Waals surface area contributed by atoms with Crippen LogP contribution in [0.1, 0.15) is 31.4 Å². The first-order valence-corrected chi connectivity index (χ1v) is 8.80. The summed E-state index contributed by atoms with van der Waals surface area (Å²) in [5, 5.41) is 1.10. The number of para-hydroxylation sites is 1. The van der Waals surface area contributed by atoms with Crippen LogP contribution in [0.4, 0.5) is 0 Å². The number of benzene rings is 1. The third-order valence-electron chi connectivity index (χ3n) is 4.90. The zero-order valence-corrected chi connectivity index (χ0v) is 15.1. The molecule has 0 aliphatic rings. The minimum atomic E-state index is 0.0817. The number of hydrogen-bond acceptors (Lipinski definition) is 3. The van der Waals surface area contributed by atoms with E-state index in [0.29, 0.717) is 12.6 Å². The molecule has 0 aliphatic heterocycles. The standard InChI is InChI=1S/C21H25N3O/c1-4-16(2)24(14-17-8-7-11-22-13-17)15-19-12-18-9-5-6-10-20(18)23(3)21(19)25/h5-13,16H,4,14-15H2,1-3H3. The third kappa shape index (κ3) is 3.80. The summed E-state index contributed by atoms with van der Waals surface area (Å²) < 4.78 is 1.75. The van der Waals surface area contributed by atoms with Gasteiger partial charge in [-0.15, -0.1) is 0 Å². The second-order valence-corrected chi connectivity index (χ2v) is 6.62. The van der Waals surface area contributed by atoms with E-state index in [-0.39, 0.29) is 5.56 Å². The molecule has 1 atom stereocenters. The van der Waals surface area contributed by atoms with Gasteiger partial charge < -0.3 is 4.57 Å². The van der Waals surface area contributed by atoms with Crippen LogP contribution in [0.2, 0.25) is 0 Å². The van der Waals surface area contributed by atoms with Crippen molar-refractivity contribution in [3.05, 3.63) is 76.3 Å². The number of pyridine rings is 2. The SMILES string of the molecule is CCC(C)N(Cc1cccnc1)Cc1cc2ccccc2n(C)c1=O. The molecule has 0 spiro atoms. The van der Waals surface area contributed by atoms with Gasteiger partial charge in [0.15, 0.2) is 0 Å². The summed E-state index contributed by atoms with van der Waals surface area (Å²) in [4.78, 5) is 19.4. The van der Waals surface area contributed by atoms with E-state index >= 15 is 0 Å². The summed E-state index contributed by atoms with van der Waals surface area (Å²) in [5.41, 5.74) is 3.06. The Bertz CT molecular complexity index is 902. The van der Waals surface area contributed by atoms with Crippen LogP contribution in [-0.4, -0.2) is 20.5 Å². The van der Waals surface area contributed by atoms with Crippen LogP contribution in [0, 0.1) is 0 Å². The second-order valence-electron chi connectivity index (χ2n) is 6.62. The molecule has 3 aromatic rings. The molecule has 2 aromatic heterocycles. The maximum Gasteiger partial charge on any atom is 0.255 e. The van der Waals surface area contributed by atoms with Crippen molar-refractivity contribution in [3.63, 3.8) is 0 Å². The highest BCUT2D eigenvalue weighted by Crippen LogP contribution is 2.17. The summed E-state index contributed by atoms with van der Waals surface area (Å²) in [6.45, 7) is 5.82. The molecule has 0 saturated carbocycles. The van der Waals surface area contributed by atoms with Gasteiger partial charge in [0.2, 0.25) is 0 Å². The number of hydrogen-bond donors (Lipinski definition) is 0. The highest BCUT2D eigenvalue weighted by molar-refractivity contribution is 5.79. The Hall–Kier alpha value is -2.46. The average molecular weight is 335 g/mol. The molecular formula is C21H25N3O. The summed E-state index contributed by atoms with van der Waals surface area (Å²) in [6, 6.07) is 14.5. The molecule has 0 N–H and O–H groups in total. The summed E-state index contributed by atoms with van der Waals surface area (Å²) in [7, 11) is 1.85. The Morgan fingerprint density at radius 2 is 1.96 bits per heavy atom. The molecule has 1 unspecified atom stereocenters. The number of fused-ring (bicyclic) bond motifs is 1. The third-order valence-corrected chi connectivity index (χ3v) is 4.90. The lowest BCUT2D eigenvalue weighted by molar-refractivity contribution is 0.185. The maximum absolute atomic E-state index is 12.8. The van der Waals surface area contributed by atoms with Crippen LogP contribution in [0.3, 0.4) is 0 Å². The Kier molecular flexibility index (Phi) is 5.29. The summed E-state index contributed by atoms with van der Waals surface area (Å²) in [5.74, 6) is 0. The molecule has 0 radical (unpaired) electrons. The summed E-state index contributed by atoms with van der Waals surface area (Å²) in [6.07, 6.45) is 4.72. The van der Waals surface area contributed by atoms with Gasteiger partial charge in [0.1, 0.15) is 0 Å². The van der Waals surface area contributed by atoms with Crippen molar-refractivity contribution < 1.29 is 0 Å². The van der Waals surface area contributed by atoms with Gasteiger partial charge in [-0.1, -0.05) is 31.2 Å². The Labute approximate surface area is 148 Å². The average Bonchev–Trinajstić information content (AvgIpc) is 2.65. The predicted molar refractivity (Wildman–Crippen MR) is 102 cm³/mol. The normalized spacial score (nSPS) is 12.6. The molecule has 0 saturated heterocycles. The highest BCUT2D eigenvalue weighted by Gasteiger charge is 2.16. The van der Waals surface area contributed by atoms with Gasteiger partial charge in [-0.25, -0.2) is 0 Å². The number of rotatable bonds is 6. The molecule has 0 aliphatic carbocycles. The number of aryl methyl sites for hydroxylation is 1. The molecule has 1 aromatic carbocycles. The van der Waals surface area contributed by atoms with Crippen LogP contribution in [0.25, 0.3) is 10.9 Å². The van der Waals surface area contributed by atoms with E-state index in [1.165, 1.54) is 5.56 Å². The van der Waals surface area contributed by atoms with E-state index in [0.717, 1.165) is 29.4 Å². The minimum Gasteiger partial charge on any atom is -0.311 e. The zero-order valence-electron chi connectivity index (χ0n) is 15.1. The fourth-order valence-corrected chi connectivity index (χ4v) is 3.17. The van der Waals surface area contributed by atoms with Gasteiger partial charge in [-0.2, -0.15) is 0 Å². The van der Waals surface area contributed by atoms with Gasteiger partial charge in [0.25, 0.3) is 5.56 Å². The van der Waals surface area contributed by atoms with Crippen LogP contribution >= 0.6 is 0 Å². The lowest BCUT2D eigenvalue weighted by atomic mass is 10.1. The molecule has 130 valence electrons. The molecule has 0 bridgehead atoms. The topological polar surface area (TPSA) is 38.1 Å². The molecule has 3 rings (SSSR count). The Morgan fingerprint density at radius 3 is 2.68 bits per heavy atom. The predicted octanol–water partition coefficient (Wildman–Crippen LogP) is 3.73. The van der Waals surface area contributed by atoms with Crippen molar-refractivity contribution >= 4 is 10.9 Å². The molecule has 4 heteroatoms. The number of nitrogens with zero attached hydrogens (tertiary/aromatic N) is 3. The van der Waals surface area contributed by atoms with Crippen LogP contribution in [0.15, 0.2) is 59.7 Å². The van der Waals surface area contributed by atoms with Gasteiger partial charge in [0.05, 0.1) is 5.52 Å². The second kappa shape index (κ2) is 7.62. The van der Waals surface area contributed by atoms with E-state index in [1.54, 1.807) is 10.8 Å². The van der Waals surface area contributed by atoms with Crippen molar-refractivity contribution in [1.29, 1.82) is 0 Å². The van der Waals surface area contributed by atoms with Crippen LogP contribution in [0.5, 0.6) is 0 Å². The van der Waals surface area contributed by atoms with Gasteiger partial charge >= 0.3 is 0 Å². The minimum absolute atomic E-state index is 0.0817. The van der Waals surface area contributed by atoms with E-state index in [1.807, 2.05) is 43.6 Å². The first kappa shape index (κ1) is 17.4. The van der Waals surface area contributed by atoms with E-state index in [2.05, 4.69) is 35.9 Å². The molecule has 25 heavy (non-hydrogen) atoms. The maximum atomic E-state index is 12.8. The van der Waals surface area contributed by atoms with E-state index in [4.69, 9.17) is 0 Å². The molecular weight excluding hydrogens is 310 g/mol. The van der Waals surface area contributed by atoms with Crippen molar-refractivity contribution in [2.24, 2.45) is 7.05 Å². The lowest BCUT2D eigenvalue weighted by Crippen LogP contribution is -2.34. The van der Waals surface area contributed by atoms with Gasteiger partial charge in [-0.3, -0.25) is 14.7 Å². The van der Waals surface area contributed by atoms with Crippen molar-refractivity contribution in [2.75, 3.05) is 0 Å². The van der Waals surface area contributed by atoms with Crippen LogP contribution < -0.4 is 5.56 Å². The van der Waals surface area contributed by atoms with Crippen molar-refractivity contribution in [1.82, 2.24) is 14.5 Å². The van der Waals surface area contributed by atoms with Crippen LogP contribution in [-0.2, 0) is 20.1 Å². The lowest BCUT2D eigenvalue weighted by Gasteiger charge is -2.28. The van der Waals surface area contributed by atoms with Gasteiger partial charge in [-0.05, 0) is 42.5 Å². The fourth-order valence-electron chi connectivity index (χ4n) is 3.17. The quantitative estimate of drug-likeness (QED) is 0.689. The molecule has 4 nitrogen and oxygen atoms in total. The van der Waals surface area contributed by atoms with E-state index in [9.17, 15) is 4.79 Å². The summed E-state index contributed by atoms with van der Waals surface area (Å²) >= 11 is 0.